The first-order valence-corrected chi connectivity index (χ1v) is 26.8. The molecule has 0 bridgehead atoms. The third kappa shape index (κ3) is 6.12. The van der Waals surface area contributed by atoms with Crippen molar-refractivity contribution in [1.29, 1.82) is 0 Å². The number of anilines is 9. The molecule has 2 aromatic heterocycles. The van der Waals surface area contributed by atoms with Crippen LogP contribution in [0.5, 0.6) is 0 Å². The van der Waals surface area contributed by atoms with Gasteiger partial charge in [0.05, 0.1) is 33.6 Å². The summed E-state index contributed by atoms with van der Waals surface area (Å²) in [7, 11) is 0. The number of thiophene rings is 1. The van der Waals surface area contributed by atoms with Gasteiger partial charge in [-0.05, 0) is 136 Å². The van der Waals surface area contributed by atoms with Crippen molar-refractivity contribution in [3.63, 3.8) is 0 Å². The highest BCUT2D eigenvalue weighted by Gasteiger charge is 2.52. The molecule has 0 amide bonds. The van der Waals surface area contributed by atoms with Crippen LogP contribution in [-0.2, 0) is 5.41 Å². The zero-order valence-electron chi connectivity index (χ0n) is 41.1. The van der Waals surface area contributed by atoms with Crippen LogP contribution in [0.1, 0.15) is 22.3 Å². The minimum absolute atomic E-state index is 0.656. The second-order valence-corrected chi connectivity index (χ2v) is 21.0. The van der Waals surface area contributed by atoms with Crippen molar-refractivity contribution in [2.75, 3.05) is 14.7 Å². The molecule has 0 N–H and O–H groups in total. The van der Waals surface area contributed by atoms with Crippen molar-refractivity contribution in [3.8, 4) is 11.1 Å². The second kappa shape index (κ2) is 16.7. The maximum Gasteiger partial charge on any atom is 0.160 e. The molecule has 76 heavy (non-hydrogen) atoms. The normalized spacial score (nSPS) is 13.1. The summed E-state index contributed by atoms with van der Waals surface area (Å²) in [5.41, 5.74) is 18.2. The highest BCUT2D eigenvalue weighted by atomic mass is 32.1. The number of nitrogens with zero attached hydrogens (tertiary/aromatic N) is 3. The van der Waals surface area contributed by atoms with E-state index < -0.39 is 5.41 Å². The SMILES string of the molecule is c1ccc(N(c2ccc3c(c2)C2(c4ccccc4-3)c3ccccc3N(c3ccc4c(c3)sc3ccccc34)c3ccccc32)c2c3ccccc3cc3c2oc2cccc(N(c4ccccc4)c4ccccc4)c23)cc1. The number of furan rings is 1. The van der Waals surface area contributed by atoms with Crippen LogP contribution >= 0.6 is 11.3 Å². The van der Waals surface area contributed by atoms with E-state index in [1.54, 1.807) is 0 Å². The third-order valence-electron chi connectivity index (χ3n) is 16.0. The summed E-state index contributed by atoms with van der Waals surface area (Å²) < 4.78 is 9.94. The summed E-state index contributed by atoms with van der Waals surface area (Å²) in [5, 5.41) is 6.93. The van der Waals surface area contributed by atoms with Gasteiger partial charge in [0.1, 0.15) is 5.58 Å². The molecule has 14 aromatic rings. The number of hydrogen-bond acceptors (Lipinski definition) is 5. The fraction of sp³-hybridized carbons (Fsp3) is 0.0141. The van der Waals surface area contributed by atoms with Gasteiger partial charge in [0.25, 0.3) is 0 Å². The number of hydrogen-bond donors (Lipinski definition) is 0. The summed E-state index contributed by atoms with van der Waals surface area (Å²) >= 11 is 1.87. The molecule has 16 rings (SSSR count). The van der Waals surface area contributed by atoms with Crippen molar-refractivity contribution in [3.05, 3.63) is 295 Å². The molecule has 356 valence electrons. The van der Waals surface area contributed by atoms with E-state index >= 15 is 0 Å². The van der Waals surface area contributed by atoms with Gasteiger partial charge in [0, 0.05) is 59.4 Å². The van der Waals surface area contributed by atoms with E-state index in [0.29, 0.717) is 0 Å². The van der Waals surface area contributed by atoms with E-state index in [1.807, 2.05) is 11.3 Å². The summed E-state index contributed by atoms with van der Waals surface area (Å²) in [6.07, 6.45) is 0. The first-order valence-electron chi connectivity index (χ1n) is 26.0. The summed E-state index contributed by atoms with van der Waals surface area (Å²) in [4.78, 5) is 7.30. The lowest BCUT2D eigenvalue weighted by Gasteiger charge is -2.45. The number of rotatable bonds is 7. The molecule has 12 aromatic carbocycles. The molecule has 0 fully saturated rings. The lowest BCUT2D eigenvalue weighted by atomic mass is 9.64. The summed E-state index contributed by atoms with van der Waals surface area (Å²) in [6, 6.07) is 100.0. The average molecular weight is 988 g/mol. The molecule has 5 heteroatoms. The quantitative estimate of drug-likeness (QED) is 0.159. The zero-order chi connectivity index (χ0) is 49.9. The highest BCUT2D eigenvalue weighted by molar-refractivity contribution is 7.25. The van der Waals surface area contributed by atoms with Gasteiger partial charge in [0.15, 0.2) is 5.58 Å². The van der Waals surface area contributed by atoms with Gasteiger partial charge in [-0.25, -0.2) is 0 Å². The van der Waals surface area contributed by atoms with Crippen LogP contribution in [0.2, 0.25) is 0 Å². The fourth-order valence-electron chi connectivity index (χ4n) is 12.9. The number of para-hydroxylation sites is 5. The van der Waals surface area contributed by atoms with Gasteiger partial charge in [0.2, 0.25) is 0 Å². The molecule has 4 nitrogen and oxygen atoms in total. The largest absolute Gasteiger partial charge is 0.454 e. The Morgan fingerprint density at radius 3 is 1.67 bits per heavy atom. The van der Waals surface area contributed by atoms with Crippen molar-refractivity contribution < 1.29 is 4.42 Å². The zero-order valence-corrected chi connectivity index (χ0v) is 42.0. The van der Waals surface area contributed by atoms with Crippen LogP contribution in [0.3, 0.4) is 0 Å². The molecule has 1 aliphatic heterocycles. The Kier molecular flexibility index (Phi) is 9.39. The van der Waals surface area contributed by atoms with Crippen molar-refractivity contribution in [1.82, 2.24) is 0 Å². The molecule has 0 saturated carbocycles. The molecule has 0 saturated heterocycles. The smallest absolute Gasteiger partial charge is 0.160 e. The topological polar surface area (TPSA) is 22.9 Å². The molecular formula is C71H45N3OS. The molecule has 1 aliphatic carbocycles. The van der Waals surface area contributed by atoms with E-state index in [9.17, 15) is 0 Å². The van der Waals surface area contributed by atoms with Crippen LogP contribution in [0.15, 0.2) is 277 Å². The molecule has 0 atom stereocenters. The first kappa shape index (κ1) is 42.8. The van der Waals surface area contributed by atoms with E-state index in [1.165, 1.54) is 64.9 Å². The fourth-order valence-corrected chi connectivity index (χ4v) is 14.1. The summed E-state index contributed by atoms with van der Waals surface area (Å²) in [5.74, 6) is 0. The van der Waals surface area contributed by atoms with Crippen molar-refractivity contribution >= 4 is 115 Å². The van der Waals surface area contributed by atoms with Crippen LogP contribution in [0.4, 0.5) is 51.2 Å². The van der Waals surface area contributed by atoms with Crippen molar-refractivity contribution in [2.45, 2.75) is 5.41 Å². The van der Waals surface area contributed by atoms with Crippen LogP contribution in [0.25, 0.3) is 64.0 Å². The van der Waals surface area contributed by atoms with Crippen molar-refractivity contribution in [2.24, 2.45) is 0 Å². The monoisotopic (exact) mass is 987 g/mol. The maximum absolute atomic E-state index is 7.35. The van der Waals surface area contributed by atoms with Gasteiger partial charge in [-0.3, -0.25) is 0 Å². The number of benzene rings is 12. The van der Waals surface area contributed by atoms with Gasteiger partial charge in [-0.2, -0.15) is 0 Å². The van der Waals surface area contributed by atoms with E-state index in [0.717, 1.165) is 72.5 Å². The van der Waals surface area contributed by atoms with Gasteiger partial charge >= 0.3 is 0 Å². The minimum Gasteiger partial charge on any atom is -0.454 e. The van der Waals surface area contributed by atoms with E-state index in [2.05, 4.69) is 288 Å². The Labute approximate surface area is 443 Å². The van der Waals surface area contributed by atoms with Crippen LogP contribution in [-0.4, -0.2) is 0 Å². The Balaban J connectivity index is 0.953. The average Bonchev–Trinajstić information content (AvgIpc) is 4.15. The maximum atomic E-state index is 7.35. The van der Waals surface area contributed by atoms with Crippen LogP contribution in [0, 0.1) is 0 Å². The molecular weight excluding hydrogens is 943 g/mol. The van der Waals surface area contributed by atoms with Gasteiger partial charge in [-0.1, -0.05) is 176 Å². The van der Waals surface area contributed by atoms with Gasteiger partial charge < -0.3 is 19.1 Å². The Bertz CT molecular complexity index is 4530. The van der Waals surface area contributed by atoms with E-state index in [4.69, 9.17) is 4.42 Å². The lowest BCUT2D eigenvalue weighted by Crippen LogP contribution is -2.36. The van der Waals surface area contributed by atoms with Crippen LogP contribution < -0.4 is 14.7 Å². The standard InChI is InChI=1S/C71H45N3OS/c1-4-22-47(23-5-1)72(48-24-6-2-7-25-48)64-36-20-37-65-68(64)57-43-46-21-10-11-28-52(46)69(70(57)75-65)73(49-26-8-3-9-27-49)50-39-41-54-53-29-12-14-31-58(53)71(61(54)44-50)59-32-15-17-34-62(59)74(63-35-18-16-33-60(63)71)51-40-42-56-55-30-13-19-38-66(55)76-67(56)45-51/h1-45H. The molecule has 3 heterocycles. The minimum atomic E-state index is -0.656. The molecule has 2 aliphatic rings. The predicted octanol–water partition coefficient (Wildman–Crippen LogP) is 20.2. The molecule has 0 radical (unpaired) electrons. The van der Waals surface area contributed by atoms with E-state index in [-0.39, 0.29) is 0 Å². The summed E-state index contributed by atoms with van der Waals surface area (Å²) in [6.45, 7) is 0. The predicted molar refractivity (Wildman–Crippen MR) is 319 cm³/mol. The third-order valence-corrected chi connectivity index (χ3v) is 17.1. The Hall–Kier alpha value is -9.68. The second-order valence-electron chi connectivity index (χ2n) is 19.9. The number of fused-ring (bicyclic) bond motifs is 16. The highest BCUT2D eigenvalue weighted by Crippen LogP contribution is 2.64. The molecule has 1 spiro atoms. The molecule has 0 unspecified atom stereocenters. The Morgan fingerprint density at radius 2 is 0.947 bits per heavy atom. The Morgan fingerprint density at radius 1 is 0.368 bits per heavy atom. The van der Waals surface area contributed by atoms with Gasteiger partial charge in [-0.15, -0.1) is 11.3 Å². The lowest BCUT2D eigenvalue weighted by molar-refractivity contribution is 0.669. The first-order chi connectivity index (χ1) is 37.7.